The van der Waals surface area contributed by atoms with E-state index < -0.39 is 0 Å². The second-order valence-corrected chi connectivity index (χ2v) is 6.67. The van der Waals surface area contributed by atoms with Crippen molar-refractivity contribution in [2.45, 2.75) is 12.8 Å². The molecule has 0 aliphatic heterocycles. The minimum atomic E-state index is -0.211. The van der Waals surface area contributed by atoms with Gasteiger partial charge in [0.25, 0.3) is 0 Å². The lowest BCUT2D eigenvalue weighted by molar-refractivity contribution is -0.144. The van der Waals surface area contributed by atoms with Crippen molar-refractivity contribution in [2.75, 3.05) is 12.4 Å². The number of hydrogen-bond donors (Lipinski definition) is 0. The SMILES string of the molecule is CC(C(=O)OCCSI)c1cccc(Br)c1. The van der Waals surface area contributed by atoms with Gasteiger partial charge < -0.3 is 4.74 Å². The number of rotatable bonds is 5. The number of halogens is 2. The Balaban J connectivity index is 2.56. The third-order valence-corrected chi connectivity index (χ3v) is 4.24. The zero-order valence-electron chi connectivity index (χ0n) is 8.78. The van der Waals surface area contributed by atoms with E-state index in [0.717, 1.165) is 15.8 Å². The number of hydrogen-bond acceptors (Lipinski definition) is 3. The number of benzene rings is 1. The molecule has 0 aliphatic rings. The maximum Gasteiger partial charge on any atom is 0.313 e. The highest BCUT2D eigenvalue weighted by atomic mass is 127. The van der Waals surface area contributed by atoms with Gasteiger partial charge in [0.1, 0.15) is 6.61 Å². The molecule has 0 N–H and O–H groups in total. The summed E-state index contributed by atoms with van der Waals surface area (Å²) >= 11 is 5.57. The second-order valence-electron chi connectivity index (χ2n) is 3.26. The first kappa shape index (κ1) is 14.3. The largest absolute Gasteiger partial charge is 0.464 e. The van der Waals surface area contributed by atoms with Crippen LogP contribution in [0.15, 0.2) is 28.7 Å². The molecule has 2 nitrogen and oxygen atoms in total. The molecule has 0 fully saturated rings. The Hall–Kier alpha value is 0.250. The predicted molar refractivity (Wildman–Crippen MR) is 80.0 cm³/mol. The molecule has 0 bridgehead atoms. The first-order valence-corrected chi connectivity index (χ1v) is 9.13. The summed E-state index contributed by atoms with van der Waals surface area (Å²) < 4.78 is 6.14. The van der Waals surface area contributed by atoms with Gasteiger partial charge in [-0.05, 0) is 45.8 Å². The molecule has 16 heavy (non-hydrogen) atoms. The second kappa shape index (κ2) is 7.55. The minimum Gasteiger partial charge on any atom is -0.464 e. The van der Waals surface area contributed by atoms with Crippen LogP contribution in [0.4, 0.5) is 0 Å². The minimum absolute atomic E-state index is 0.163. The molecule has 0 heterocycles. The lowest BCUT2D eigenvalue weighted by Gasteiger charge is -2.11. The van der Waals surface area contributed by atoms with E-state index in [0.29, 0.717) is 6.61 Å². The van der Waals surface area contributed by atoms with Crippen molar-refractivity contribution >= 4 is 52.0 Å². The maximum atomic E-state index is 11.7. The number of carbonyl (C=O) groups excluding carboxylic acids is 1. The van der Waals surface area contributed by atoms with Crippen LogP contribution in [0.1, 0.15) is 18.4 Å². The summed E-state index contributed by atoms with van der Waals surface area (Å²) in [5, 5.41) is 0. The van der Waals surface area contributed by atoms with Crippen molar-refractivity contribution in [1.29, 1.82) is 0 Å². The van der Waals surface area contributed by atoms with Gasteiger partial charge >= 0.3 is 5.97 Å². The Morgan fingerprint density at radius 1 is 1.62 bits per heavy atom. The fourth-order valence-electron chi connectivity index (χ4n) is 1.21. The Morgan fingerprint density at radius 2 is 2.38 bits per heavy atom. The zero-order chi connectivity index (χ0) is 12.0. The van der Waals surface area contributed by atoms with E-state index in [4.69, 9.17) is 4.74 Å². The van der Waals surface area contributed by atoms with Gasteiger partial charge in [0.05, 0.1) is 5.92 Å². The van der Waals surface area contributed by atoms with Gasteiger partial charge in [0.2, 0.25) is 0 Å². The molecular weight excluding hydrogens is 403 g/mol. The lowest BCUT2D eigenvalue weighted by Crippen LogP contribution is -2.14. The summed E-state index contributed by atoms with van der Waals surface area (Å²) in [6.07, 6.45) is 0. The number of esters is 1. The van der Waals surface area contributed by atoms with Gasteiger partial charge in [-0.15, -0.1) is 0 Å². The van der Waals surface area contributed by atoms with E-state index in [1.54, 1.807) is 8.93 Å². The topological polar surface area (TPSA) is 26.3 Å². The molecule has 1 unspecified atom stereocenters. The van der Waals surface area contributed by atoms with Gasteiger partial charge in [0.15, 0.2) is 0 Å². The van der Waals surface area contributed by atoms with Gasteiger partial charge in [-0.1, -0.05) is 37.0 Å². The molecular formula is C11H12BrIO2S. The van der Waals surface area contributed by atoms with Crippen molar-refractivity contribution in [1.82, 2.24) is 0 Å². The fraction of sp³-hybridized carbons (Fsp3) is 0.364. The van der Waals surface area contributed by atoms with Crippen LogP contribution in [0.5, 0.6) is 0 Å². The van der Waals surface area contributed by atoms with Crippen molar-refractivity contribution in [3.05, 3.63) is 34.3 Å². The summed E-state index contributed by atoms with van der Waals surface area (Å²) in [6.45, 7) is 2.34. The molecule has 0 saturated carbocycles. The molecule has 0 amide bonds. The van der Waals surface area contributed by atoms with E-state index in [-0.39, 0.29) is 11.9 Å². The third-order valence-electron chi connectivity index (χ3n) is 2.11. The fourth-order valence-corrected chi connectivity index (χ4v) is 2.31. The predicted octanol–water partition coefficient (Wildman–Crippen LogP) is 4.18. The Kier molecular flexibility index (Phi) is 6.75. The van der Waals surface area contributed by atoms with Gasteiger partial charge in [-0.3, -0.25) is 4.79 Å². The number of ether oxygens (including phenoxy) is 1. The molecule has 1 atom stereocenters. The van der Waals surface area contributed by atoms with Crippen molar-refractivity contribution in [3.63, 3.8) is 0 Å². The van der Waals surface area contributed by atoms with Crippen LogP contribution in [-0.4, -0.2) is 18.3 Å². The van der Waals surface area contributed by atoms with Crippen LogP contribution in [0.2, 0.25) is 0 Å². The monoisotopic (exact) mass is 414 g/mol. The first-order chi connectivity index (χ1) is 7.65. The van der Waals surface area contributed by atoms with Crippen LogP contribution in [0, 0.1) is 0 Å². The first-order valence-electron chi connectivity index (χ1n) is 4.80. The quantitative estimate of drug-likeness (QED) is 0.410. The van der Waals surface area contributed by atoms with Crippen molar-refractivity contribution in [2.24, 2.45) is 0 Å². The average molecular weight is 415 g/mol. The van der Waals surface area contributed by atoms with Gasteiger partial charge in [-0.2, -0.15) is 0 Å². The Bertz CT molecular complexity index is 360. The summed E-state index contributed by atoms with van der Waals surface area (Å²) in [7, 11) is 1.64. The smallest absolute Gasteiger partial charge is 0.313 e. The average Bonchev–Trinajstić information content (AvgIpc) is 2.28. The van der Waals surface area contributed by atoms with Crippen LogP contribution < -0.4 is 0 Å². The van der Waals surface area contributed by atoms with Crippen LogP contribution in [0.3, 0.4) is 0 Å². The Morgan fingerprint density at radius 3 is 3.00 bits per heavy atom. The third kappa shape index (κ3) is 4.63. The molecule has 1 aromatic rings. The van der Waals surface area contributed by atoms with Crippen LogP contribution in [0.25, 0.3) is 0 Å². The molecule has 0 aliphatic carbocycles. The van der Waals surface area contributed by atoms with E-state index in [9.17, 15) is 4.79 Å². The maximum absolute atomic E-state index is 11.7. The molecule has 0 radical (unpaired) electrons. The van der Waals surface area contributed by atoms with E-state index in [1.165, 1.54) is 0 Å². The van der Waals surface area contributed by atoms with Gasteiger partial charge in [0, 0.05) is 10.2 Å². The van der Waals surface area contributed by atoms with Gasteiger partial charge in [-0.25, -0.2) is 0 Å². The van der Waals surface area contributed by atoms with Crippen molar-refractivity contribution < 1.29 is 9.53 Å². The standard InChI is InChI=1S/C11H12BrIO2S/c1-8(11(14)15-5-6-16-13)9-3-2-4-10(12)7-9/h2-4,7-8H,5-6H2,1H3. The molecule has 0 aromatic heterocycles. The van der Waals surface area contributed by atoms with Crippen LogP contribution >= 0.6 is 46.1 Å². The number of carbonyl (C=O) groups is 1. The molecule has 1 aromatic carbocycles. The highest BCUT2D eigenvalue weighted by Gasteiger charge is 2.16. The summed E-state index contributed by atoms with van der Waals surface area (Å²) in [5.74, 6) is 0.456. The van der Waals surface area contributed by atoms with E-state index in [2.05, 4.69) is 37.1 Å². The highest BCUT2D eigenvalue weighted by molar-refractivity contribution is 14.2. The normalized spacial score (nSPS) is 12.2. The molecule has 0 spiro atoms. The lowest BCUT2D eigenvalue weighted by atomic mass is 10.0. The zero-order valence-corrected chi connectivity index (χ0v) is 13.3. The highest BCUT2D eigenvalue weighted by Crippen LogP contribution is 2.21. The summed E-state index contributed by atoms with van der Waals surface area (Å²) in [4.78, 5) is 11.7. The van der Waals surface area contributed by atoms with Crippen molar-refractivity contribution in [3.8, 4) is 0 Å². The summed E-state index contributed by atoms with van der Waals surface area (Å²) in [5.41, 5.74) is 0.974. The summed E-state index contributed by atoms with van der Waals surface area (Å²) in [6, 6.07) is 7.74. The molecule has 0 saturated heterocycles. The van der Waals surface area contributed by atoms with E-state index in [1.807, 2.05) is 31.2 Å². The molecule has 1 rings (SSSR count). The van der Waals surface area contributed by atoms with E-state index >= 15 is 0 Å². The molecule has 5 heteroatoms. The molecule has 88 valence electrons. The van der Waals surface area contributed by atoms with Crippen LogP contribution in [-0.2, 0) is 9.53 Å². The Labute approximate surface area is 120 Å².